The molecule has 1 amide bonds. The average molecular weight is 482 g/mol. The molecule has 0 atom stereocenters. The number of hydrogen-bond donors (Lipinski definition) is 0. The number of pyridine rings is 1. The van der Waals surface area contributed by atoms with E-state index in [9.17, 15) is 4.79 Å². The molecule has 2 aromatic carbocycles. The van der Waals surface area contributed by atoms with Crippen molar-refractivity contribution in [2.24, 2.45) is 0 Å². The fraction of sp³-hybridized carbons (Fsp3) is 0.111. The molecule has 0 unspecified atom stereocenters. The van der Waals surface area contributed by atoms with E-state index >= 15 is 0 Å². The first-order valence-corrected chi connectivity index (χ1v) is 12.1. The monoisotopic (exact) mass is 481 g/mol. The molecule has 0 spiro atoms. The number of para-hydroxylation sites is 1. The number of anilines is 1. The summed E-state index contributed by atoms with van der Waals surface area (Å²) in [5.41, 5.74) is 3.71. The highest BCUT2D eigenvalue weighted by Gasteiger charge is 2.21. The van der Waals surface area contributed by atoms with Gasteiger partial charge in [-0.1, -0.05) is 47.7 Å². The van der Waals surface area contributed by atoms with E-state index in [4.69, 9.17) is 4.42 Å². The summed E-state index contributed by atoms with van der Waals surface area (Å²) in [5, 5.41) is 9.48. The maximum absolute atomic E-state index is 13.4. The maximum atomic E-state index is 13.4. The van der Waals surface area contributed by atoms with Crippen LogP contribution in [0.25, 0.3) is 17.1 Å². The Kier molecular flexibility index (Phi) is 6.72. The fourth-order valence-electron chi connectivity index (χ4n) is 3.67. The van der Waals surface area contributed by atoms with Crippen LogP contribution in [0.5, 0.6) is 0 Å². The average Bonchev–Trinajstić information content (AvgIpc) is 3.57. The fourth-order valence-corrected chi connectivity index (χ4v) is 4.49. The summed E-state index contributed by atoms with van der Waals surface area (Å²) >= 11 is 1.35. The molecule has 35 heavy (non-hydrogen) atoms. The van der Waals surface area contributed by atoms with Crippen LogP contribution in [0.2, 0.25) is 0 Å². The van der Waals surface area contributed by atoms with E-state index in [1.807, 2.05) is 90.4 Å². The number of amides is 1. The van der Waals surface area contributed by atoms with Gasteiger partial charge in [0.15, 0.2) is 11.0 Å². The van der Waals surface area contributed by atoms with Crippen LogP contribution in [0.4, 0.5) is 5.69 Å². The first-order valence-electron chi connectivity index (χ1n) is 11.1. The second-order valence-corrected chi connectivity index (χ2v) is 8.84. The van der Waals surface area contributed by atoms with Gasteiger partial charge in [0.05, 0.1) is 18.6 Å². The van der Waals surface area contributed by atoms with Crippen molar-refractivity contribution in [3.63, 3.8) is 0 Å². The normalized spacial score (nSPS) is 10.9. The van der Waals surface area contributed by atoms with E-state index < -0.39 is 0 Å². The van der Waals surface area contributed by atoms with E-state index in [-0.39, 0.29) is 11.7 Å². The van der Waals surface area contributed by atoms with E-state index in [2.05, 4.69) is 15.2 Å². The SMILES string of the molecule is Cc1ccc(N(Cc2ccco2)C(=O)CSc2nnc(-c3cccnc3)n2-c2ccccc2)cc1. The van der Waals surface area contributed by atoms with Crippen molar-refractivity contribution < 1.29 is 9.21 Å². The van der Waals surface area contributed by atoms with Gasteiger partial charge in [-0.25, -0.2) is 0 Å². The zero-order chi connectivity index (χ0) is 24.0. The Morgan fingerprint density at radius 2 is 1.80 bits per heavy atom. The number of thioether (sulfide) groups is 1. The van der Waals surface area contributed by atoms with Crippen LogP contribution >= 0.6 is 11.8 Å². The minimum atomic E-state index is -0.0548. The lowest BCUT2D eigenvalue weighted by molar-refractivity contribution is -0.116. The Morgan fingerprint density at radius 3 is 2.51 bits per heavy atom. The van der Waals surface area contributed by atoms with Crippen molar-refractivity contribution in [2.75, 3.05) is 10.7 Å². The van der Waals surface area contributed by atoms with Crippen LogP contribution < -0.4 is 4.90 Å². The Bertz CT molecular complexity index is 1390. The zero-order valence-electron chi connectivity index (χ0n) is 19.1. The topological polar surface area (TPSA) is 77.1 Å². The van der Waals surface area contributed by atoms with E-state index in [1.165, 1.54) is 11.8 Å². The van der Waals surface area contributed by atoms with Crippen LogP contribution in [0.3, 0.4) is 0 Å². The molecular formula is C27H23N5O2S. The first kappa shape index (κ1) is 22.6. The van der Waals surface area contributed by atoms with Gasteiger partial charge in [0.1, 0.15) is 5.76 Å². The molecule has 0 saturated carbocycles. The largest absolute Gasteiger partial charge is 0.467 e. The molecule has 8 heteroatoms. The molecule has 0 bridgehead atoms. The molecule has 0 N–H and O–H groups in total. The third-order valence-electron chi connectivity index (χ3n) is 5.43. The molecule has 0 aliphatic carbocycles. The number of aryl methyl sites for hydroxylation is 1. The third kappa shape index (κ3) is 5.17. The third-order valence-corrected chi connectivity index (χ3v) is 6.35. The Morgan fingerprint density at radius 1 is 0.971 bits per heavy atom. The summed E-state index contributed by atoms with van der Waals surface area (Å²) in [4.78, 5) is 19.4. The van der Waals surface area contributed by atoms with Gasteiger partial charge in [-0.15, -0.1) is 10.2 Å². The lowest BCUT2D eigenvalue weighted by atomic mass is 10.2. The lowest BCUT2D eigenvalue weighted by Crippen LogP contribution is -2.31. The summed E-state index contributed by atoms with van der Waals surface area (Å²) in [7, 11) is 0. The van der Waals surface area contributed by atoms with Gasteiger partial charge in [-0.2, -0.15) is 0 Å². The molecule has 3 aromatic heterocycles. The summed E-state index contributed by atoms with van der Waals surface area (Å²) in [5.74, 6) is 1.52. The molecule has 0 fully saturated rings. The summed E-state index contributed by atoms with van der Waals surface area (Å²) in [6.07, 6.45) is 5.09. The second kappa shape index (κ2) is 10.4. The van der Waals surface area contributed by atoms with Gasteiger partial charge >= 0.3 is 0 Å². The number of carbonyl (C=O) groups excluding carboxylic acids is 1. The number of furan rings is 1. The van der Waals surface area contributed by atoms with E-state index in [1.54, 1.807) is 23.6 Å². The Hall–Kier alpha value is -4.17. The van der Waals surface area contributed by atoms with Crippen LogP contribution in [0.15, 0.2) is 107 Å². The zero-order valence-corrected chi connectivity index (χ0v) is 19.9. The molecule has 174 valence electrons. The lowest BCUT2D eigenvalue weighted by Gasteiger charge is -2.22. The number of aromatic nitrogens is 4. The van der Waals surface area contributed by atoms with Gasteiger partial charge in [-0.3, -0.25) is 14.3 Å². The van der Waals surface area contributed by atoms with Crippen molar-refractivity contribution >= 4 is 23.4 Å². The summed E-state index contributed by atoms with van der Waals surface area (Å²) < 4.78 is 7.47. The van der Waals surface area contributed by atoms with E-state index in [0.29, 0.717) is 17.5 Å². The van der Waals surface area contributed by atoms with Crippen LogP contribution in [0, 0.1) is 6.92 Å². The molecule has 0 aliphatic heterocycles. The summed E-state index contributed by atoms with van der Waals surface area (Å²) in [6, 6.07) is 25.3. The Labute approximate surface area is 207 Å². The molecule has 3 heterocycles. The van der Waals surface area contributed by atoms with Crippen molar-refractivity contribution in [2.45, 2.75) is 18.6 Å². The van der Waals surface area contributed by atoms with Crippen LogP contribution in [-0.4, -0.2) is 31.4 Å². The maximum Gasteiger partial charge on any atom is 0.237 e. The number of hydrogen-bond acceptors (Lipinski definition) is 6. The molecule has 5 rings (SSSR count). The van der Waals surface area contributed by atoms with Crippen molar-refractivity contribution in [1.29, 1.82) is 0 Å². The first-order chi connectivity index (χ1) is 17.2. The highest BCUT2D eigenvalue weighted by Crippen LogP contribution is 2.28. The molecule has 5 aromatic rings. The predicted octanol–water partition coefficient (Wildman–Crippen LogP) is 5.56. The van der Waals surface area contributed by atoms with Crippen LogP contribution in [-0.2, 0) is 11.3 Å². The highest BCUT2D eigenvalue weighted by molar-refractivity contribution is 7.99. The number of benzene rings is 2. The molecule has 0 saturated heterocycles. The predicted molar refractivity (Wildman–Crippen MR) is 136 cm³/mol. The Balaban J connectivity index is 1.43. The van der Waals surface area contributed by atoms with Gasteiger partial charge < -0.3 is 9.32 Å². The van der Waals surface area contributed by atoms with Gasteiger partial charge in [-0.05, 0) is 55.5 Å². The minimum absolute atomic E-state index is 0.0548. The highest BCUT2D eigenvalue weighted by atomic mass is 32.2. The quantitative estimate of drug-likeness (QED) is 0.270. The minimum Gasteiger partial charge on any atom is -0.467 e. The number of rotatable bonds is 8. The molecule has 0 radical (unpaired) electrons. The van der Waals surface area contributed by atoms with Crippen molar-refractivity contribution in [3.8, 4) is 17.1 Å². The van der Waals surface area contributed by atoms with Crippen molar-refractivity contribution in [3.05, 3.63) is 109 Å². The summed E-state index contributed by atoms with van der Waals surface area (Å²) in [6.45, 7) is 2.37. The second-order valence-electron chi connectivity index (χ2n) is 7.90. The number of nitrogens with zero attached hydrogens (tertiary/aromatic N) is 5. The smallest absolute Gasteiger partial charge is 0.237 e. The van der Waals surface area contributed by atoms with Gasteiger partial charge in [0, 0.05) is 29.3 Å². The molecule has 7 nitrogen and oxygen atoms in total. The number of carbonyl (C=O) groups is 1. The standard InChI is InChI=1S/C27H23N5O2S/c1-20-11-13-22(14-12-20)31(18-24-10-6-16-34-24)25(33)19-35-27-30-29-26(21-7-5-15-28-17-21)32(27)23-8-3-2-4-9-23/h2-17H,18-19H2,1H3. The molecule has 0 aliphatic rings. The van der Waals surface area contributed by atoms with Crippen LogP contribution in [0.1, 0.15) is 11.3 Å². The van der Waals surface area contributed by atoms with Gasteiger partial charge in [0.2, 0.25) is 5.91 Å². The molecular weight excluding hydrogens is 458 g/mol. The van der Waals surface area contributed by atoms with Gasteiger partial charge in [0.25, 0.3) is 0 Å². The van der Waals surface area contributed by atoms with E-state index in [0.717, 1.165) is 28.3 Å². The van der Waals surface area contributed by atoms with Crippen molar-refractivity contribution in [1.82, 2.24) is 19.7 Å².